The molecule has 0 aliphatic carbocycles. The van der Waals surface area contributed by atoms with Gasteiger partial charge in [0.25, 0.3) is 0 Å². The number of rotatable bonds is 8. The highest BCUT2D eigenvalue weighted by molar-refractivity contribution is 8.01. The average Bonchev–Trinajstić information content (AvgIpc) is 2.64. The Morgan fingerprint density at radius 1 is 0.880 bits per heavy atom. The summed E-state index contributed by atoms with van der Waals surface area (Å²) < 4.78 is 21.1. The second-order valence-electron chi connectivity index (χ2n) is 5.07. The fourth-order valence-corrected chi connectivity index (χ4v) is 2.98. The summed E-state index contributed by atoms with van der Waals surface area (Å²) in [5.74, 6) is 3.35. The van der Waals surface area contributed by atoms with Crippen molar-refractivity contribution in [2.45, 2.75) is 5.75 Å². The third kappa shape index (κ3) is 4.76. The molecule has 0 bridgehead atoms. The van der Waals surface area contributed by atoms with E-state index in [1.54, 1.807) is 45.2 Å². The molecule has 0 saturated heterocycles. The van der Waals surface area contributed by atoms with Crippen molar-refractivity contribution >= 4 is 17.8 Å². The van der Waals surface area contributed by atoms with Gasteiger partial charge in [-0.15, -0.1) is 11.8 Å². The standard InChI is InChI=1S/C19H22O5S/c1-21-14-10-18(23-3)15(19(11-14)24-4)7-8-25-12-13-5-6-17(22-2)16(20)9-13/h5-11,20H,12H2,1-4H3/b8-7+. The lowest BCUT2D eigenvalue weighted by Crippen LogP contribution is -1.94. The molecule has 6 heteroatoms. The van der Waals surface area contributed by atoms with Gasteiger partial charge in [-0.1, -0.05) is 6.07 Å². The number of aromatic hydroxyl groups is 1. The van der Waals surface area contributed by atoms with Crippen LogP contribution in [0, 0.1) is 0 Å². The van der Waals surface area contributed by atoms with Crippen LogP contribution in [0.25, 0.3) is 6.08 Å². The lowest BCUT2D eigenvalue weighted by molar-refractivity contribution is 0.373. The largest absolute Gasteiger partial charge is 0.504 e. The van der Waals surface area contributed by atoms with Crippen molar-refractivity contribution in [2.75, 3.05) is 28.4 Å². The molecule has 5 nitrogen and oxygen atoms in total. The lowest BCUT2D eigenvalue weighted by atomic mass is 10.1. The zero-order chi connectivity index (χ0) is 18.2. The third-order valence-corrected chi connectivity index (χ3v) is 4.41. The Morgan fingerprint density at radius 3 is 2.04 bits per heavy atom. The molecule has 134 valence electrons. The first kappa shape index (κ1) is 18.9. The van der Waals surface area contributed by atoms with E-state index in [-0.39, 0.29) is 5.75 Å². The minimum absolute atomic E-state index is 0.142. The normalized spacial score (nSPS) is 10.7. The van der Waals surface area contributed by atoms with Gasteiger partial charge in [-0.3, -0.25) is 0 Å². The van der Waals surface area contributed by atoms with Gasteiger partial charge in [-0.2, -0.15) is 0 Å². The van der Waals surface area contributed by atoms with Crippen molar-refractivity contribution in [3.63, 3.8) is 0 Å². The summed E-state index contributed by atoms with van der Waals surface area (Å²) in [4.78, 5) is 0. The zero-order valence-corrected chi connectivity index (χ0v) is 15.6. The summed E-state index contributed by atoms with van der Waals surface area (Å²) in [6, 6.07) is 9.01. The minimum Gasteiger partial charge on any atom is -0.504 e. The third-order valence-electron chi connectivity index (χ3n) is 3.58. The van der Waals surface area contributed by atoms with Crippen molar-refractivity contribution in [1.82, 2.24) is 0 Å². The van der Waals surface area contributed by atoms with Crippen LogP contribution in [0.1, 0.15) is 11.1 Å². The molecular formula is C19H22O5S. The van der Waals surface area contributed by atoms with Crippen LogP contribution in [0.2, 0.25) is 0 Å². The Bertz CT molecular complexity index is 718. The van der Waals surface area contributed by atoms with Gasteiger partial charge in [0, 0.05) is 17.9 Å². The Labute approximate surface area is 152 Å². The fourth-order valence-electron chi connectivity index (χ4n) is 2.28. The van der Waals surface area contributed by atoms with Gasteiger partial charge in [0.1, 0.15) is 17.2 Å². The van der Waals surface area contributed by atoms with Crippen LogP contribution in [-0.2, 0) is 5.75 Å². The predicted molar refractivity (Wildman–Crippen MR) is 101 cm³/mol. The van der Waals surface area contributed by atoms with Gasteiger partial charge in [0.2, 0.25) is 0 Å². The number of phenols is 1. The van der Waals surface area contributed by atoms with Crippen LogP contribution in [-0.4, -0.2) is 33.5 Å². The molecule has 0 atom stereocenters. The average molecular weight is 362 g/mol. The summed E-state index contributed by atoms with van der Waals surface area (Å²) >= 11 is 1.60. The lowest BCUT2D eigenvalue weighted by Gasteiger charge is -2.12. The van der Waals surface area contributed by atoms with Crippen LogP contribution in [0.5, 0.6) is 28.7 Å². The maximum atomic E-state index is 9.81. The smallest absolute Gasteiger partial charge is 0.160 e. The number of hydrogen-bond donors (Lipinski definition) is 1. The second kappa shape index (κ2) is 9.13. The van der Waals surface area contributed by atoms with E-state index in [2.05, 4.69) is 0 Å². The molecule has 2 aromatic carbocycles. The Balaban J connectivity index is 2.10. The minimum atomic E-state index is 0.142. The van der Waals surface area contributed by atoms with E-state index in [1.807, 2.05) is 29.7 Å². The van der Waals surface area contributed by atoms with Crippen molar-refractivity contribution in [3.8, 4) is 28.7 Å². The molecule has 0 unspecified atom stereocenters. The number of ether oxygens (including phenoxy) is 4. The quantitative estimate of drug-likeness (QED) is 0.754. The number of hydrogen-bond acceptors (Lipinski definition) is 6. The maximum absolute atomic E-state index is 9.81. The topological polar surface area (TPSA) is 57.2 Å². The van der Waals surface area contributed by atoms with Gasteiger partial charge >= 0.3 is 0 Å². The molecule has 0 heterocycles. The highest BCUT2D eigenvalue weighted by atomic mass is 32.2. The molecule has 0 aliphatic heterocycles. The molecule has 0 aliphatic rings. The van der Waals surface area contributed by atoms with E-state index in [0.717, 1.165) is 16.9 Å². The Hall–Kier alpha value is -2.47. The molecule has 25 heavy (non-hydrogen) atoms. The summed E-state index contributed by atoms with van der Waals surface area (Å²) in [5, 5.41) is 11.8. The zero-order valence-electron chi connectivity index (χ0n) is 14.7. The van der Waals surface area contributed by atoms with Crippen LogP contribution in [0.3, 0.4) is 0 Å². The van der Waals surface area contributed by atoms with Crippen molar-refractivity contribution in [3.05, 3.63) is 46.9 Å². The highest BCUT2D eigenvalue weighted by Gasteiger charge is 2.10. The van der Waals surface area contributed by atoms with Crippen LogP contribution in [0.15, 0.2) is 35.7 Å². The van der Waals surface area contributed by atoms with Gasteiger partial charge in [0.05, 0.1) is 34.0 Å². The number of thioether (sulfide) groups is 1. The van der Waals surface area contributed by atoms with Crippen molar-refractivity contribution < 1.29 is 24.1 Å². The summed E-state index contributed by atoms with van der Waals surface area (Å²) in [5.41, 5.74) is 1.84. The summed E-state index contributed by atoms with van der Waals surface area (Å²) in [7, 11) is 6.35. The first-order valence-corrected chi connectivity index (χ1v) is 8.61. The molecule has 0 saturated carbocycles. The van der Waals surface area contributed by atoms with E-state index in [4.69, 9.17) is 18.9 Å². The molecule has 1 N–H and O–H groups in total. The first-order valence-electron chi connectivity index (χ1n) is 7.57. The van der Waals surface area contributed by atoms with Gasteiger partial charge in [-0.25, -0.2) is 0 Å². The Kier molecular flexibility index (Phi) is 6.89. The molecular weight excluding hydrogens is 340 g/mol. The van der Waals surface area contributed by atoms with Gasteiger partial charge in [-0.05, 0) is 29.2 Å². The molecule has 0 aromatic heterocycles. The van der Waals surface area contributed by atoms with Gasteiger partial charge in [0.15, 0.2) is 11.5 Å². The van der Waals surface area contributed by atoms with Crippen molar-refractivity contribution in [2.24, 2.45) is 0 Å². The van der Waals surface area contributed by atoms with Crippen LogP contribution < -0.4 is 18.9 Å². The predicted octanol–water partition coefficient (Wildman–Crippen LogP) is 4.33. The first-order chi connectivity index (χ1) is 12.1. The Morgan fingerprint density at radius 2 is 1.52 bits per heavy atom. The number of methoxy groups -OCH3 is 4. The number of benzene rings is 2. The SMILES string of the molecule is COc1cc(OC)c(/C=C/SCc2ccc(OC)c(O)c2)c(OC)c1. The monoisotopic (exact) mass is 362 g/mol. The summed E-state index contributed by atoms with van der Waals surface area (Å²) in [6.07, 6.45) is 1.94. The molecule has 0 amide bonds. The summed E-state index contributed by atoms with van der Waals surface area (Å²) in [6.45, 7) is 0. The second-order valence-corrected chi connectivity index (χ2v) is 5.96. The van der Waals surface area contributed by atoms with Gasteiger partial charge < -0.3 is 24.1 Å². The highest BCUT2D eigenvalue weighted by Crippen LogP contribution is 2.36. The molecule has 2 rings (SSSR count). The maximum Gasteiger partial charge on any atom is 0.160 e. The van der Waals surface area contributed by atoms with Crippen LogP contribution >= 0.6 is 11.8 Å². The molecule has 0 spiro atoms. The molecule has 0 fully saturated rings. The number of phenolic OH excluding ortho intramolecular Hbond substituents is 1. The van der Waals surface area contributed by atoms with E-state index in [1.165, 1.54) is 7.11 Å². The van der Waals surface area contributed by atoms with Crippen molar-refractivity contribution in [1.29, 1.82) is 0 Å². The molecule has 2 aromatic rings. The van der Waals surface area contributed by atoms with E-state index in [0.29, 0.717) is 23.0 Å². The van der Waals surface area contributed by atoms with E-state index in [9.17, 15) is 5.11 Å². The van der Waals surface area contributed by atoms with E-state index >= 15 is 0 Å². The van der Waals surface area contributed by atoms with E-state index < -0.39 is 0 Å². The molecule has 0 radical (unpaired) electrons. The van der Waals surface area contributed by atoms with Crippen LogP contribution in [0.4, 0.5) is 0 Å². The fraction of sp³-hybridized carbons (Fsp3) is 0.263.